The zero-order valence-electron chi connectivity index (χ0n) is 15.2. The highest BCUT2D eigenvalue weighted by atomic mass is 19.1. The van der Waals surface area contributed by atoms with Gasteiger partial charge in [-0.3, -0.25) is 4.68 Å². The Morgan fingerprint density at radius 3 is 2.61 bits per heavy atom. The van der Waals surface area contributed by atoms with Crippen molar-refractivity contribution in [3.63, 3.8) is 0 Å². The van der Waals surface area contributed by atoms with Crippen LogP contribution in [0.3, 0.4) is 0 Å². The predicted molar refractivity (Wildman–Crippen MR) is 103 cm³/mol. The summed E-state index contributed by atoms with van der Waals surface area (Å²) in [7, 11) is 1.86. The molecule has 3 aromatic heterocycles. The van der Waals surface area contributed by atoms with Gasteiger partial charge in [0.05, 0.1) is 22.9 Å². The summed E-state index contributed by atoms with van der Waals surface area (Å²) < 4.78 is 31.0. The van der Waals surface area contributed by atoms with Crippen molar-refractivity contribution in [1.82, 2.24) is 24.5 Å². The molecule has 5 aromatic rings. The van der Waals surface area contributed by atoms with E-state index in [0.29, 0.717) is 16.8 Å². The van der Waals surface area contributed by atoms with Crippen LogP contribution in [0.4, 0.5) is 8.78 Å². The molecule has 5 nitrogen and oxygen atoms in total. The second-order valence-electron chi connectivity index (χ2n) is 6.76. The number of nitrogens with zero attached hydrogens (tertiary/aromatic N) is 5. The van der Waals surface area contributed by atoms with Gasteiger partial charge in [-0.05, 0) is 42.8 Å². The molecule has 0 bridgehead atoms. The minimum Gasteiger partial charge on any atom is -0.275 e. The van der Waals surface area contributed by atoms with Crippen molar-refractivity contribution in [2.24, 2.45) is 7.05 Å². The lowest BCUT2D eigenvalue weighted by molar-refractivity contribution is 0.582. The normalized spacial score (nSPS) is 11.6. The van der Waals surface area contributed by atoms with Gasteiger partial charge in [0, 0.05) is 29.6 Å². The summed E-state index contributed by atoms with van der Waals surface area (Å²) in [6.07, 6.45) is 3.33. The van der Waals surface area contributed by atoms with Crippen molar-refractivity contribution in [3.05, 3.63) is 72.2 Å². The second kappa shape index (κ2) is 5.95. The minimum absolute atomic E-state index is 0.332. The molecule has 0 atom stereocenters. The first-order valence-electron chi connectivity index (χ1n) is 8.75. The first-order chi connectivity index (χ1) is 13.5. The minimum atomic E-state index is -0.566. The molecule has 0 unspecified atom stereocenters. The van der Waals surface area contributed by atoms with Crippen LogP contribution in [0.25, 0.3) is 38.8 Å². The highest BCUT2D eigenvalue weighted by molar-refractivity contribution is 6.03. The maximum absolute atomic E-state index is 14.3. The molecule has 0 aliphatic carbocycles. The summed E-state index contributed by atoms with van der Waals surface area (Å²) in [5.74, 6) is -0.898. The Kier molecular flexibility index (Phi) is 3.52. The fraction of sp³-hybridized carbons (Fsp3) is 0.0952. The highest BCUT2D eigenvalue weighted by Gasteiger charge is 2.19. The van der Waals surface area contributed by atoms with Gasteiger partial charge in [0.1, 0.15) is 11.5 Å². The van der Waals surface area contributed by atoms with Crippen LogP contribution in [0.15, 0.2) is 54.9 Å². The lowest BCUT2D eigenvalue weighted by atomic mass is 10.0. The first kappa shape index (κ1) is 16.6. The number of aryl methyl sites for hydroxylation is 2. The zero-order chi connectivity index (χ0) is 19.4. The largest absolute Gasteiger partial charge is 0.275 e. The molecule has 0 spiro atoms. The molecule has 0 aliphatic rings. The molecule has 0 aliphatic heterocycles. The summed E-state index contributed by atoms with van der Waals surface area (Å²) >= 11 is 0. The van der Waals surface area contributed by atoms with Crippen molar-refractivity contribution in [1.29, 1.82) is 0 Å². The van der Waals surface area contributed by atoms with Crippen molar-refractivity contribution in [2.45, 2.75) is 6.92 Å². The Morgan fingerprint density at radius 1 is 0.964 bits per heavy atom. The Balaban J connectivity index is 1.88. The molecule has 0 radical (unpaired) electrons. The average Bonchev–Trinajstić information content (AvgIpc) is 3.22. The van der Waals surface area contributed by atoms with Crippen LogP contribution in [0.2, 0.25) is 0 Å². The smallest absolute Gasteiger partial charge is 0.212 e. The first-order valence-corrected chi connectivity index (χ1v) is 8.75. The van der Waals surface area contributed by atoms with Crippen LogP contribution in [0.1, 0.15) is 5.56 Å². The van der Waals surface area contributed by atoms with Gasteiger partial charge in [0.2, 0.25) is 5.95 Å². The number of aromatic nitrogens is 5. The Bertz CT molecular complexity index is 1350. The summed E-state index contributed by atoms with van der Waals surface area (Å²) in [4.78, 5) is 3.73. The van der Waals surface area contributed by atoms with Crippen molar-refractivity contribution < 1.29 is 8.78 Å². The highest BCUT2D eigenvalue weighted by Crippen LogP contribution is 2.35. The Labute approximate surface area is 158 Å². The summed E-state index contributed by atoms with van der Waals surface area (Å²) in [6.45, 7) is 1.83. The number of fused-ring (bicyclic) bond motifs is 2. The van der Waals surface area contributed by atoms with E-state index in [-0.39, 0.29) is 5.82 Å². The van der Waals surface area contributed by atoms with E-state index in [2.05, 4.69) is 10.1 Å². The Hall–Kier alpha value is -3.61. The van der Waals surface area contributed by atoms with Crippen LogP contribution >= 0.6 is 0 Å². The molecule has 3 heterocycles. The van der Waals surface area contributed by atoms with Crippen molar-refractivity contribution >= 4 is 21.8 Å². The molecule has 0 saturated heterocycles. The van der Waals surface area contributed by atoms with E-state index < -0.39 is 5.95 Å². The summed E-state index contributed by atoms with van der Waals surface area (Å²) in [5, 5.41) is 10.8. The van der Waals surface area contributed by atoms with E-state index >= 15 is 0 Å². The van der Waals surface area contributed by atoms with E-state index in [1.807, 2.05) is 38.4 Å². The van der Waals surface area contributed by atoms with Gasteiger partial charge in [-0.15, -0.1) is 0 Å². The quantitative estimate of drug-likeness (QED) is 0.425. The number of hydrogen-bond donors (Lipinski definition) is 0. The van der Waals surface area contributed by atoms with Gasteiger partial charge in [-0.25, -0.2) is 14.1 Å². The number of hydrogen-bond acceptors (Lipinski definition) is 3. The van der Waals surface area contributed by atoms with E-state index in [1.165, 1.54) is 24.4 Å². The van der Waals surface area contributed by atoms with Gasteiger partial charge in [-0.2, -0.15) is 14.6 Å². The standard InChI is InChI=1S/C21H15F2N5/c1-12-8-13(22)9-16-20(15-4-3-5-18-17(15)11-27(2)25-18)26-28(21(12)16)14-6-7-19(23)24-10-14/h3-11H,1-2H3. The predicted octanol–water partition coefficient (Wildman–Crippen LogP) is 4.56. The molecule has 0 amide bonds. The van der Waals surface area contributed by atoms with Crippen LogP contribution in [0, 0.1) is 18.7 Å². The number of benzene rings is 2. The molecule has 7 heteroatoms. The number of rotatable bonds is 2. The maximum Gasteiger partial charge on any atom is 0.212 e. The van der Waals surface area contributed by atoms with Gasteiger partial charge in [0.25, 0.3) is 0 Å². The number of halogens is 2. The van der Waals surface area contributed by atoms with E-state index in [9.17, 15) is 8.78 Å². The van der Waals surface area contributed by atoms with Gasteiger partial charge < -0.3 is 0 Å². The van der Waals surface area contributed by atoms with Crippen LogP contribution in [-0.2, 0) is 7.05 Å². The topological polar surface area (TPSA) is 48.5 Å². The van der Waals surface area contributed by atoms with Crippen LogP contribution in [0.5, 0.6) is 0 Å². The molecular formula is C21H15F2N5. The molecule has 0 fully saturated rings. The Morgan fingerprint density at radius 2 is 1.82 bits per heavy atom. The summed E-state index contributed by atoms with van der Waals surface area (Å²) in [5.41, 5.74) is 4.42. The van der Waals surface area contributed by atoms with Crippen LogP contribution in [-0.4, -0.2) is 24.5 Å². The zero-order valence-corrected chi connectivity index (χ0v) is 15.2. The molecule has 2 aromatic carbocycles. The third-order valence-electron chi connectivity index (χ3n) is 4.81. The lowest BCUT2D eigenvalue weighted by Gasteiger charge is -2.05. The average molecular weight is 375 g/mol. The summed E-state index contributed by atoms with van der Waals surface area (Å²) in [6, 6.07) is 11.6. The van der Waals surface area contributed by atoms with Crippen molar-refractivity contribution in [2.75, 3.05) is 0 Å². The third kappa shape index (κ3) is 2.47. The third-order valence-corrected chi connectivity index (χ3v) is 4.81. The maximum atomic E-state index is 14.3. The van der Waals surface area contributed by atoms with E-state index in [4.69, 9.17) is 5.10 Å². The molecule has 5 rings (SSSR count). The van der Waals surface area contributed by atoms with E-state index in [1.54, 1.807) is 15.4 Å². The molecule has 28 heavy (non-hydrogen) atoms. The van der Waals surface area contributed by atoms with Gasteiger partial charge >= 0.3 is 0 Å². The van der Waals surface area contributed by atoms with Gasteiger partial charge in [0.15, 0.2) is 0 Å². The lowest BCUT2D eigenvalue weighted by Crippen LogP contribution is -1.99. The second-order valence-corrected chi connectivity index (χ2v) is 6.76. The van der Waals surface area contributed by atoms with Gasteiger partial charge in [-0.1, -0.05) is 12.1 Å². The fourth-order valence-electron chi connectivity index (χ4n) is 3.65. The molecule has 0 saturated carbocycles. The molecule has 138 valence electrons. The molecular weight excluding hydrogens is 360 g/mol. The van der Waals surface area contributed by atoms with Crippen LogP contribution < -0.4 is 0 Å². The fourth-order valence-corrected chi connectivity index (χ4v) is 3.65. The number of pyridine rings is 1. The molecule has 0 N–H and O–H groups in total. The SMILES string of the molecule is Cc1cc(F)cc2c(-c3cccc4nn(C)cc34)nn(-c3ccc(F)nc3)c12. The van der Waals surface area contributed by atoms with Crippen molar-refractivity contribution in [3.8, 4) is 16.9 Å². The van der Waals surface area contributed by atoms with E-state index in [0.717, 1.165) is 27.5 Å². The monoisotopic (exact) mass is 375 g/mol.